The monoisotopic (exact) mass is 386 g/mol. The predicted octanol–water partition coefficient (Wildman–Crippen LogP) is 5.22. The molecule has 0 fully saturated rings. The molecule has 6 nitrogen and oxygen atoms in total. The van der Waals surface area contributed by atoms with Crippen LogP contribution >= 0.6 is 23.2 Å². The van der Waals surface area contributed by atoms with Crippen molar-refractivity contribution in [3.05, 3.63) is 58.3 Å². The Morgan fingerprint density at radius 3 is 2.85 bits per heavy atom. The maximum Gasteiger partial charge on any atom is 0.197 e. The second kappa shape index (κ2) is 6.48. The van der Waals surface area contributed by atoms with E-state index in [-0.39, 0.29) is 10.8 Å². The van der Waals surface area contributed by atoms with Crippen molar-refractivity contribution in [3.8, 4) is 5.75 Å². The Balaban J connectivity index is 1.75. The zero-order valence-corrected chi connectivity index (χ0v) is 15.0. The van der Waals surface area contributed by atoms with Gasteiger partial charge in [0.1, 0.15) is 23.2 Å². The van der Waals surface area contributed by atoms with Gasteiger partial charge >= 0.3 is 0 Å². The van der Waals surface area contributed by atoms with E-state index in [1.54, 1.807) is 13.0 Å². The van der Waals surface area contributed by atoms with Crippen molar-refractivity contribution in [2.75, 3.05) is 5.43 Å². The molecule has 130 valence electrons. The number of anilines is 1. The molecular weight excluding hydrogens is 375 g/mol. The number of benzene rings is 2. The van der Waals surface area contributed by atoms with Crippen LogP contribution in [0.4, 0.5) is 5.82 Å². The first kappa shape index (κ1) is 16.6. The Kier molecular flexibility index (Phi) is 4.14. The van der Waals surface area contributed by atoms with Gasteiger partial charge in [-0.15, -0.1) is 0 Å². The summed E-state index contributed by atoms with van der Waals surface area (Å²) >= 11 is 12.0. The fraction of sp³-hybridized carbons (Fsp3) is 0.0556. The molecule has 0 aliphatic heterocycles. The molecule has 0 bridgehead atoms. The molecule has 0 unspecified atom stereocenters. The number of nitrogens with zero attached hydrogens (tertiary/aromatic N) is 3. The third-order valence-electron chi connectivity index (χ3n) is 3.91. The molecule has 2 heterocycles. The van der Waals surface area contributed by atoms with E-state index in [9.17, 15) is 5.11 Å². The summed E-state index contributed by atoms with van der Waals surface area (Å²) < 4.78 is 5.84. The van der Waals surface area contributed by atoms with Gasteiger partial charge in [-0.2, -0.15) is 5.10 Å². The summed E-state index contributed by atoms with van der Waals surface area (Å²) in [5.74, 6) is 0.328. The van der Waals surface area contributed by atoms with Crippen molar-refractivity contribution in [1.82, 2.24) is 9.97 Å². The van der Waals surface area contributed by atoms with E-state index in [0.717, 1.165) is 5.39 Å². The Morgan fingerprint density at radius 1 is 1.19 bits per heavy atom. The highest BCUT2D eigenvalue weighted by molar-refractivity contribution is 6.36. The number of furan rings is 1. The number of phenolic OH excluding ortho intramolecular Hbond substituents is 1. The average molecular weight is 387 g/mol. The summed E-state index contributed by atoms with van der Waals surface area (Å²) in [7, 11) is 0. The van der Waals surface area contributed by atoms with Crippen LogP contribution in [0.5, 0.6) is 5.75 Å². The maximum absolute atomic E-state index is 10.1. The van der Waals surface area contributed by atoms with E-state index < -0.39 is 0 Å². The highest BCUT2D eigenvalue weighted by Gasteiger charge is 2.14. The van der Waals surface area contributed by atoms with E-state index in [2.05, 4.69) is 20.5 Å². The van der Waals surface area contributed by atoms with E-state index in [1.165, 1.54) is 12.4 Å². The highest BCUT2D eigenvalue weighted by atomic mass is 35.5. The lowest BCUT2D eigenvalue weighted by molar-refractivity contribution is 0.474. The minimum absolute atomic E-state index is 0.0873. The molecule has 0 saturated heterocycles. The molecule has 2 aromatic heterocycles. The lowest BCUT2D eigenvalue weighted by Crippen LogP contribution is -2.02. The van der Waals surface area contributed by atoms with Crippen molar-refractivity contribution in [3.63, 3.8) is 0 Å². The van der Waals surface area contributed by atoms with Crippen molar-refractivity contribution in [1.29, 1.82) is 0 Å². The Morgan fingerprint density at radius 2 is 2.00 bits per heavy atom. The third kappa shape index (κ3) is 2.83. The van der Waals surface area contributed by atoms with Gasteiger partial charge in [0.25, 0.3) is 0 Å². The SMILES string of the molecule is C/C(=N\Nc1ncnc2c1oc1ccccc12)c1cc(Cl)cc(Cl)c1O. The zero-order chi connectivity index (χ0) is 18.3. The smallest absolute Gasteiger partial charge is 0.197 e. The summed E-state index contributed by atoms with van der Waals surface area (Å²) in [6.07, 6.45) is 1.44. The van der Waals surface area contributed by atoms with Gasteiger partial charge in [0, 0.05) is 16.0 Å². The number of para-hydroxylation sites is 1. The van der Waals surface area contributed by atoms with Gasteiger partial charge in [-0.25, -0.2) is 9.97 Å². The second-order valence-corrected chi connectivity index (χ2v) is 6.43. The fourth-order valence-corrected chi connectivity index (χ4v) is 3.14. The summed E-state index contributed by atoms with van der Waals surface area (Å²) in [6.45, 7) is 1.71. The van der Waals surface area contributed by atoms with Gasteiger partial charge in [-0.05, 0) is 31.2 Å². The molecule has 4 rings (SSSR count). The number of rotatable bonds is 3. The molecule has 4 aromatic rings. The topological polar surface area (TPSA) is 83.5 Å². The summed E-state index contributed by atoms with van der Waals surface area (Å²) in [5.41, 5.74) is 5.67. The molecule has 0 aliphatic rings. The molecule has 0 spiro atoms. The molecule has 8 heteroatoms. The first-order valence-electron chi connectivity index (χ1n) is 7.65. The summed E-state index contributed by atoms with van der Waals surface area (Å²) in [5, 5.41) is 15.8. The highest BCUT2D eigenvalue weighted by Crippen LogP contribution is 2.32. The van der Waals surface area contributed by atoms with Crippen LogP contribution in [0.3, 0.4) is 0 Å². The molecule has 0 atom stereocenters. The average Bonchev–Trinajstić information content (AvgIpc) is 3.02. The summed E-state index contributed by atoms with van der Waals surface area (Å²) in [6, 6.07) is 10.6. The number of halogens is 2. The number of phenols is 1. The molecule has 0 saturated carbocycles. The minimum Gasteiger partial charge on any atom is -0.506 e. The molecule has 0 amide bonds. The first-order valence-corrected chi connectivity index (χ1v) is 8.41. The number of hydrogen-bond donors (Lipinski definition) is 2. The van der Waals surface area contributed by atoms with Crippen LogP contribution in [-0.2, 0) is 0 Å². The number of hydrazone groups is 1. The summed E-state index contributed by atoms with van der Waals surface area (Å²) in [4.78, 5) is 8.47. The number of aromatic hydroxyl groups is 1. The predicted molar refractivity (Wildman–Crippen MR) is 103 cm³/mol. The second-order valence-electron chi connectivity index (χ2n) is 5.59. The van der Waals surface area contributed by atoms with Crippen molar-refractivity contribution in [2.45, 2.75) is 6.92 Å². The Labute approximate surface area is 158 Å². The van der Waals surface area contributed by atoms with Crippen LogP contribution < -0.4 is 5.43 Å². The molecule has 0 radical (unpaired) electrons. The first-order chi connectivity index (χ1) is 12.5. The lowest BCUT2D eigenvalue weighted by atomic mass is 10.1. The fourth-order valence-electron chi connectivity index (χ4n) is 2.64. The van der Waals surface area contributed by atoms with Crippen LogP contribution in [0.25, 0.3) is 22.1 Å². The number of fused-ring (bicyclic) bond motifs is 3. The zero-order valence-electron chi connectivity index (χ0n) is 13.5. The van der Waals surface area contributed by atoms with Gasteiger partial charge in [-0.3, -0.25) is 5.43 Å². The molecular formula is C18H12Cl2N4O2. The van der Waals surface area contributed by atoms with Crippen LogP contribution in [0.2, 0.25) is 10.0 Å². The Bertz CT molecular complexity index is 1170. The van der Waals surface area contributed by atoms with Gasteiger partial charge < -0.3 is 9.52 Å². The molecule has 2 N–H and O–H groups in total. The molecule has 2 aromatic carbocycles. The normalized spacial score (nSPS) is 12.0. The van der Waals surface area contributed by atoms with Crippen LogP contribution in [0.15, 0.2) is 52.2 Å². The number of nitrogens with one attached hydrogen (secondary N) is 1. The van der Waals surface area contributed by atoms with E-state index >= 15 is 0 Å². The Hall–Kier alpha value is -2.83. The largest absolute Gasteiger partial charge is 0.506 e. The van der Waals surface area contributed by atoms with Gasteiger partial charge in [0.15, 0.2) is 11.4 Å². The van der Waals surface area contributed by atoms with E-state index in [4.69, 9.17) is 27.6 Å². The van der Waals surface area contributed by atoms with Gasteiger partial charge in [0.2, 0.25) is 0 Å². The van der Waals surface area contributed by atoms with E-state index in [1.807, 2.05) is 24.3 Å². The van der Waals surface area contributed by atoms with Crippen molar-refractivity contribution in [2.24, 2.45) is 5.10 Å². The number of aromatic nitrogens is 2. The number of hydrogen-bond acceptors (Lipinski definition) is 6. The van der Waals surface area contributed by atoms with Gasteiger partial charge in [-0.1, -0.05) is 35.3 Å². The van der Waals surface area contributed by atoms with Crippen LogP contribution in [0.1, 0.15) is 12.5 Å². The quantitative estimate of drug-likeness (QED) is 0.372. The van der Waals surface area contributed by atoms with Gasteiger partial charge in [0.05, 0.1) is 10.7 Å². The molecule has 26 heavy (non-hydrogen) atoms. The standard InChI is InChI=1S/C18H12Cl2N4O2/c1-9(12-6-10(19)7-13(20)16(12)25)23-24-18-17-15(21-8-22-18)11-4-2-3-5-14(11)26-17/h2-8,25H,1H3,(H,21,22,24)/b23-9+. The van der Waals surface area contributed by atoms with Crippen LogP contribution in [0, 0.1) is 0 Å². The maximum atomic E-state index is 10.1. The minimum atomic E-state index is -0.0873. The van der Waals surface area contributed by atoms with Crippen molar-refractivity contribution >= 4 is 56.8 Å². The van der Waals surface area contributed by atoms with Crippen molar-refractivity contribution < 1.29 is 9.52 Å². The van der Waals surface area contributed by atoms with Crippen LogP contribution in [-0.4, -0.2) is 20.8 Å². The molecule has 0 aliphatic carbocycles. The van der Waals surface area contributed by atoms with E-state index in [0.29, 0.717) is 38.8 Å². The third-order valence-corrected chi connectivity index (χ3v) is 4.41. The lowest BCUT2D eigenvalue weighted by Gasteiger charge is -2.07.